The van der Waals surface area contributed by atoms with Gasteiger partial charge in [0.2, 0.25) is 0 Å². The second-order valence-electron chi connectivity index (χ2n) is 9.48. The number of carbonyl (C=O) groups excluding carboxylic acids is 1. The molecule has 2 aromatic rings. The normalized spacial score (nSPS) is 16.9. The molecule has 0 bridgehead atoms. The number of rotatable bonds is 3. The van der Waals surface area contributed by atoms with Gasteiger partial charge in [-0.05, 0) is 39.0 Å². The summed E-state index contributed by atoms with van der Waals surface area (Å²) in [6.45, 7) is 7.57. The Hall–Kier alpha value is -3.61. The molecule has 9 heteroatoms. The van der Waals surface area contributed by atoms with Gasteiger partial charge in [-0.15, -0.1) is 0 Å². The fourth-order valence-corrected chi connectivity index (χ4v) is 4.14. The Balaban J connectivity index is 1.71. The van der Waals surface area contributed by atoms with Gasteiger partial charge in [-0.2, -0.15) is 0 Å². The number of hydrogen-bond acceptors (Lipinski definition) is 7. The third-order valence-electron chi connectivity index (χ3n) is 5.74. The van der Waals surface area contributed by atoms with E-state index in [-0.39, 0.29) is 11.4 Å². The van der Waals surface area contributed by atoms with Gasteiger partial charge in [-0.1, -0.05) is 30.0 Å². The summed E-state index contributed by atoms with van der Waals surface area (Å²) in [5, 5.41) is 14.4. The number of ether oxygens (including phenoxy) is 3. The van der Waals surface area contributed by atoms with Gasteiger partial charge in [0, 0.05) is 37.6 Å². The molecule has 0 saturated carbocycles. The molecule has 2 aliphatic rings. The van der Waals surface area contributed by atoms with Crippen molar-refractivity contribution in [2.24, 2.45) is 0 Å². The minimum absolute atomic E-state index is 0.0539. The summed E-state index contributed by atoms with van der Waals surface area (Å²) < 4.78 is 17.0. The molecule has 1 N–H and O–H groups in total. The zero-order valence-electron chi connectivity index (χ0n) is 20.1. The topological polar surface area (TPSA) is 103 Å². The van der Waals surface area contributed by atoms with E-state index in [4.69, 9.17) is 14.2 Å². The molecule has 1 amide bonds. The number of nitrogens with one attached hydrogen (secondary N) is 1. The minimum atomic E-state index is -0.764. The Morgan fingerprint density at radius 2 is 1.77 bits per heavy atom. The van der Waals surface area contributed by atoms with Gasteiger partial charge in [0.25, 0.3) is 5.69 Å². The summed E-state index contributed by atoms with van der Waals surface area (Å²) in [5.74, 6) is 5.62. The summed E-state index contributed by atoms with van der Waals surface area (Å²) in [5.41, 5.74) is 1.04. The van der Waals surface area contributed by atoms with Crippen molar-refractivity contribution < 1.29 is 23.9 Å². The highest BCUT2D eigenvalue weighted by molar-refractivity contribution is 5.90. The quantitative estimate of drug-likeness (QED) is 0.387. The molecular formula is C26H29N3O6. The van der Waals surface area contributed by atoms with E-state index >= 15 is 0 Å². The number of nitrogens with zero attached hydrogens (tertiary/aromatic N) is 2. The van der Waals surface area contributed by atoms with E-state index in [1.165, 1.54) is 6.07 Å². The molecule has 4 rings (SSSR count). The lowest BCUT2D eigenvalue weighted by Gasteiger charge is -2.39. The molecule has 2 aromatic carbocycles. The second kappa shape index (κ2) is 9.94. The molecule has 35 heavy (non-hydrogen) atoms. The van der Waals surface area contributed by atoms with Crippen LogP contribution in [0.25, 0.3) is 0 Å². The first-order chi connectivity index (χ1) is 16.6. The van der Waals surface area contributed by atoms with Crippen molar-refractivity contribution in [3.63, 3.8) is 0 Å². The lowest BCUT2D eigenvalue weighted by atomic mass is 10.0. The first-order valence-electron chi connectivity index (χ1n) is 11.6. The van der Waals surface area contributed by atoms with Crippen molar-refractivity contribution in [2.45, 2.75) is 45.0 Å². The highest BCUT2D eigenvalue weighted by Gasteiger charge is 2.40. The SMILES string of the molecule is CC(C)(C)OC(=O)Nc1cc(N2CCC3(CC2)OCCO3)c(C#Cc2ccccc2)cc1[N+](=O)[O-]. The molecule has 1 spiro atoms. The summed E-state index contributed by atoms with van der Waals surface area (Å²) in [6, 6.07) is 12.4. The van der Waals surface area contributed by atoms with Crippen LogP contribution < -0.4 is 10.2 Å². The molecule has 0 aliphatic carbocycles. The van der Waals surface area contributed by atoms with E-state index in [1.54, 1.807) is 26.8 Å². The first-order valence-corrected chi connectivity index (χ1v) is 11.6. The van der Waals surface area contributed by atoms with E-state index in [9.17, 15) is 14.9 Å². The minimum Gasteiger partial charge on any atom is -0.444 e. The van der Waals surface area contributed by atoms with Gasteiger partial charge in [0.1, 0.15) is 11.3 Å². The van der Waals surface area contributed by atoms with Gasteiger partial charge < -0.3 is 19.1 Å². The molecule has 0 unspecified atom stereocenters. The van der Waals surface area contributed by atoms with Crippen LogP contribution in [0.15, 0.2) is 42.5 Å². The standard InChI is InChI=1S/C26H29N3O6/c1-25(2,3)35-24(30)27-21-18-22(28-13-11-26(12-14-28)33-15-16-34-26)20(17-23(21)29(31)32)10-9-19-7-5-4-6-8-19/h4-8,17-18H,11-16H2,1-3H3,(H,27,30). The van der Waals surface area contributed by atoms with Gasteiger partial charge in [0.15, 0.2) is 5.79 Å². The Kier molecular flexibility index (Phi) is 6.96. The zero-order valence-corrected chi connectivity index (χ0v) is 20.1. The number of nitro benzene ring substituents is 1. The average molecular weight is 480 g/mol. The van der Waals surface area contributed by atoms with Crippen LogP contribution in [-0.2, 0) is 14.2 Å². The summed E-state index contributed by atoms with van der Waals surface area (Å²) in [6.07, 6.45) is 0.550. The highest BCUT2D eigenvalue weighted by atomic mass is 16.7. The molecule has 9 nitrogen and oxygen atoms in total. The van der Waals surface area contributed by atoms with Crippen LogP contribution in [0.3, 0.4) is 0 Å². The smallest absolute Gasteiger partial charge is 0.412 e. The van der Waals surface area contributed by atoms with Crippen LogP contribution in [0.2, 0.25) is 0 Å². The summed E-state index contributed by atoms with van der Waals surface area (Å²) in [7, 11) is 0. The lowest BCUT2D eigenvalue weighted by molar-refractivity contribution is -0.383. The third-order valence-corrected chi connectivity index (χ3v) is 5.74. The van der Waals surface area contributed by atoms with Crippen molar-refractivity contribution in [1.29, 1.82) is 0 Å². The predicted octanol–water partition coefficient (Wildman–Crippen LogP) is 4.68. The van der Waals surface area contributed by atoms with Crippen molar-refractivity contribution in [1.82, 2.24) is 0 Å². The number of benzene rings is 2. The van der Waals surface area contributed by atoms with Crippen molar-refractivity contribution in [3.05, 3.63) is 63.7 Å². The van der Waals surface area contributed by atoms with E-state index in [0.29, 0.717) is 50.4 Å². The molecule has 2 heterocycles. The van der Waals surface area contributed by atoms with Crippen molar-refractivity contribution in [3.8, 4) is 11.8 Å². The third kappa shape index (κ3) is 6.10. The Morgan fingerprint density at radius 3 is 2.37 bits per heavy atom. The summed E-state index contributed by atoms with van der Waals surface area (Å²) >= 11 is 0. The molecule has 2 fully saturated rings. The van der Waals surface area contributed by atoms with Gasteiger partial charge >= 0.3 is 6.09 Å². The lowest BCUT2D eigenvalue weighted by Crippen LogP contribution is -2.45. The van der Waals surface area contributed by atoms with E-state index < -0.39 is 22.4 Å². The zero-order chi connectivity index (χ0) is 25.1. The van der Waals surface area contributed by atoms with Crippen molar-refractivity contribution in [2.75, 3.05) is 36.5 Å². The number of hydrogen-bond donors (Lipinski definition) is 1. The maximum Gasteiger partial charge on any atom is 0.412 e. The van der Waals surface area contributed by atoms with E-state index in [2.05, 4.69) is 22.1 Å². The highest BCUT2D eigenvalue weighted by Crippen LogP contribution is 2.38. The van der Waals surface area contributed by atoms with Crippen LogP contribution in [0.4, 0.5) is 21.9 Å². The monoisotopic (exact) mass is 479 g/mol. The first kappa shape index (κ1) is 24.5. The van der Waals surface area contributed by atoms with Gasteiger partial charge in [-0.3, -0.25) is 15.4 Å². The van der Waals surface area contributed by atoms with Crippen LogP contribution in [0.5, 0.6) is 0 Å². The molecule has 2 aliphatic heterocycles. The van der Waals surface area contributed by atoms with Crippen molar-refractivity contribution >= 4 is 23.2 Å². The Bertz CT molecular complexity index is 1150. The number of nitro groups is 1. The number of piperidine rings is 1. The van der Waals surface area contributed by atoms with Crippen LogP contribution in [0, 0.1) is 22.0 Å². The van der Waals surface area contributed by atoms with E-state index in [1.807, 2.05) is 30.3 Å². The maximum absolute atomic E-state index is 12.4. The number of carbonyl (C=O) groups is 1. The predicted molar refractivity (Wildman–Crippen MR) is 131 cm³/mol. The molecule has 0 atom stereocenters. The second-order valence-corrected chi connectivity index (χ2v) is 9.48. The Labute approximate surface area is 204 Å². The average Bonchev–Trinajstić information content (AvgIpc) is 3.25. The van der Waals surface area contributed by atoms with E-state index in [0.717, 1.165) is 5.56 Å². The van der Waals surface area contributed by atoms with Crippen LogP contribution in [-0.4, -0.2) is 48.7 Å². The van der Waals surface area contributed by atoms with Crippen LogP contribution >= 0.6 is 0 Å². The van der Waals surface area contributed by atoms with Gasteiger partial charge in [-0.25, -0.2) is 4.79 Å². The molecule has 0 aromatic heterocycles. The molecular weight excluding hydrogens is 450 g/mol. The van der Waals surface area contributed by atoms with Gasteiger partial charge in [0.05, 0.1) is 29.4 Å². The number of anilines is 2. The fourth-order valence-electron chi connectivity index (χ4n) is 4.14. The largest absolute Gasteiger partial charge is 0.444 e. The summed E-state index contributed by atoms with van der Waals surface area (Å²) in [4.78, 5) is 25.9. The van der Waals surface area contributed by atoms with Crippen LogP contribution in [0.1, 0.15) is 44.7 Å². The maximum atomic E-state index is 12.4. The Morgan fingerprint density at radius 1 is 1.11 bits per heavy atom. The molecule has 184 valence electrons. The molecule has 0 radical (unpaired) electrons. The fraction of sp³-hybridized carbons (Fsp3) is 0.423. The molecule has 2 saturated heterocycles. The number of amides is 1.